The van der Waals surface area contributed by atoms with Crippen LogP contribution in [0.4, 0.5) is 0 Å². The van der Waals surface area contributed by atoms with Crippen molar-refractivity contribution in [1.82, 2.24) is 0 Å². The predicted octanol–water partition coefficient (Wildman–Crippen LogP) is 0.778. The summed E-state index contributed by atoms with van der Waals surface area (Å²) in [7, 11) is 0. The fraction of sp³-hybridized carbons (Fsp3) is 1.00. The van der Waals surface area contributed by atoms with Gasteiger partial charge in [-0.3, -0.25) is 0 Å². The number of rotatable bonds is 0. The Kier molecular flexibility index (Phi) is 73.4. The molecule has 0 atom stereocenters. The van der Waals surface area contributed by atoms with Gasteiger partial charge in [0.1, 0.15) is 0 Å². The molecule has 0 aromatic rings. The van der Waals surface area contributed by atoms with Crippen LogP contribution in [0.15, 0.2) is 5.34 Å². The van der Waals surface area contributed by atoms with Crippen LogP contribution in [0, 0.1) is 4.91 Å². The van der Waals surface area contributed by atoms with Crippen LogP contribution in [0.5, 0.6) is 0 Å². The Labute approximate surface area is 24.2 Å². The molecule has 0 aliphatic rings. The maximum atomic E-state index is 8.11. The standard InChI is InChI=1S/CH4.HNO2/c;2-1-3/h1H4;(H,2,3). The molecule has 0 bridgehead atoms. The summed E-state index contributed by atoms with van der Waals surface area (Å²) < 4.78 is 0. The van der Waals surface area contributed by atoms with Crippen molar-refractivity contribution in [3.63, 3.8) is 0 Å². The third-order valence-electron chi connectivity index (χ3n) is 0. The molecular weight excluding hydrogens is 58.0 g/mol. The van der Waals surface area contributed by atoms with E-state index in [4.69, 9.17) is 10.1 Å². The minimum absolute atomic E-state index is 0. The van der Waals surface area contributed by atoms with E-state index >= 15 is 0 Å². The molecule has 0 heterocycles. The summed E-state index contributed by atoms with van der Waals surface area (Å²) in [6, 6.07) is 0. The molecule has 0 rings (SSSR count). The SMILES string of the molecule is C.O=NO. The van der Waals surface area contributed by atoms with E-state index in [9.17, 15) is 0 Å². The number of hydrogen-bond acceptors (Lipinski definition) is 2. The second kappa shape index (κ2) is 29.4. The van der Waals surface area contributed by atoms with Gasteiger partial charge < -0.3 is 5.21 Å². The molecule has 0 fully saturated rings. The van der Waals surface area contributed by atoms with Crippen LogP contribution in [-0.4, -0.2) is 5.21 Å². The minimum atomic E-state index is 0. The van der Waals surface area contributed by atoms with Gasteiger partial charge in [-0.15, -0.1) is 4.91 Å². The Hall–Kier alpha value is -0.600. The van der Waals surface area contributed by atoms with Crippen LogP contribution in [-0.2, 0) is 0 Å². The summed E-state index contributed by atoms with van der Waals surface area (Å²) in [6.45, 7) is 0. The highest BCUT2D eigenvalue weighted by Gasteiger charge is 1.18. The van der Waals surface area contributed by atoms with Crippen LogP contribution in [0.1, 0.15) is 7.43 Å². The molecule has 26 valence electrons. The van der Waals surface area contributed by atoms with Gasteiger partial charge in [-0.25, -0.2) is 0 Å². The van der Waals surface area contributed by atoms with Crippen molar-refractivity contribution in [3.8, 4) is 0 Å². The zero-order valence-electron chi connectivity index (χ0n) is 1.30. The van der Waals surface area contributed by atoms with E-state index in [1.165, 1.54) is 5.34 Å². The Morgan fingerprint density at radius 1 is 1.75 bits per heavy atom. The van der Waals surface area contributed by atoms with Gasteiger partial charge in [0, 0.05) is 0 Å². The normalized spacial score (nSPS) is 3.00. The molecule has 0 spiro atoms. The molecule has 4 heavy (non-hydrogen) atoms. The summed E-state index contributed by atoms with van der Waals surface area (Å²) in [5.41, 5.74) is 0. The summed E-state index contributed by atoms with van der Waals surface area (Å²) >= 11 is 0. The fourth-order valence-electron chi connectivity index (χ4n) is 0. The molecule has 1 N–H and O–H groups in total. The quantitative estimate of drug-likeness (QED) is 0.333. The number of hydrogen-bond donors (Lipinski definition) is 1. The highest BCUT2D eigenvalue weighted by molar-refractivity contribution is 3.83. The highest BCUT2D eigenvalue weighted by atomic mass is 16.6. The average Bonchev–Trinajstić information content (AvgIpc) is 0.918. The van der Waals surface area contributed by atoms with E-state index in [0.717, 1.165) is 0 Å². The second-order valence-electron chi connectivity index (χ2n) is 0.0816. The lowest BCUT2D eigenvalue weighted by Gasteiger charge is -1.32. The van der Waals surface area contributed by atoms with Gasteiger partial charge in [0.25, 0.3) is 0 Å². The lowest BCUT2D eigenvalue weighted by Crippen LogP contribution is -1.25. The topological polar surface area (TPSA) is 49.7 Å². The lowest BCUT2D eigenvalue weighted by atomic mass is 12.0. The average molecular weight is 63.1 g/mol. The van der Waals surface area contributed by atoms with Gasteiger partial charge in [0.2, 0.25) is 0 Å². The Balaban J connectivity index is 0. The van der Waals surface area contributed by atoms with Crippen molar-refractivity contribution in [1.29, 1.82) is 0 Å². The first-order valence-corrected chi connectivity index (χ1v) is 0.383. The van der Waals surface area contributed by atoms with Crippen molar-refractivity contribution in [3.05, 3.63) is 4.91 Å². The van der Waals surface area contributed by atoms with E-state index in [2.05, 4.69) is 0 Å². The summed E-state index contributed by atoms with van der Waals surface area (Å²) in [5, 5.41) is 7.89. The van der Waals surface area contributed by atoms with Crippen LogP contribution < -0.4 is 0 Å². The summed E-state index contributed by atoms with van der Waals surface area (Å²) in [4.78, 5) is 8.11. The van der Waals surface area contributed by atoms with Crippen LogP contribution in [0.25, 0.3) is 0 Å². The molecular formula is CH5NO2. The van der Waals surface area contributed by atoms with E-state index in [1.54, 1.807) is 0 Å². The molecule has 0 amide bonds. The largest absolute Gasteiger partial charge is 0.379 e. The maximum absolute atomic E-state index is 8.11. The van der Waals surface area contributed by atoms with Crippen LogP contribution in [0.3, 0.4) is 0 Å². The monoisotopic (exact) mass is 63.0 g/mol. The maximum Gasteiger partial charge on any atom is 0.152 e. The first kappa shape index (κ1) is 9.99. The van der Waals surface area contributed by atoms with Crippen LogP contribution in [0.2, 0.25) is 0 Å². The van der Waals surface area contributed by atoms with Crippen molar-refractivity contribution in [2.75, 3.05) is 0 Å². The Morgan fingerprint density at radius 3 is 1.75 bits per heavy atom. The van der Waals surface area contributed by atoms with Crippen molar-refractivity contribution in [2.24, 2.45) is 5.34 Å². The molecule has 3 heteroatoms. The molecule has 0 aliphatic carbocycles. The fourth-order valence-corrected chi connectivity index (χ4v) is 0. The van der Waals surface area contributed by atoms with Gasteiger partial charge in [-0.2, -0.15) is 0 Å². The number of nitrogens with zero attached hydrogens (tertiary/aromatic N) is 1. The van der Waals surface area contributed by atoms with Crippen molar-refractivity contribution in [2.45, 2.75) is 7.43 Å². The van der Waals surface area contributed by atoms with Crippen LogP contribution >= 0.6 is 0 Å². The molecule has 0 aromatic carbocycles. The van der Waals surface area contributed by atoms with E-state index in [1.807, 2.05) is 0 Å². The molecule has 0 saturated carbocycles. The van der Waals surface area contributed by atoms with Gasteiger partial charge in [0.05, 0.1) is 0 Å². The summed E-state index contributed by atoms with van der Waals surface area (Å²) in [5.74, 6) is 0. The van der Waals surface area contributed by atoms with Gasteiger partial charge in [-0.1, -0.05) is 7.43 Å². The zero-order valence-corrected chi connectivity index (χ0v) is 1.30. The highest BCUT2D eigenvalue weighted by Crippen LogP contribution is 1.25. The zero-order chi connectivity index (χ0) is 2.71. The van der Waals surface area contributed by atoms with E-state index in [0.29, 0.717) is 0 Å². The smallest absolute Gasteiger partial charge is 0.152 e. The van der Waals surface area contributed by atoms with Gasteiger partial charge >= 0.3 is 0 Å². The van der Waals surface area contributed by atoms with E-state index in [-0.39, 0.29) is 7.43 Å². The molecule has 3 nitrogen and oxygen atoms in total. The third-order valence-corrected chi connectivity index (χ3v) is 0. The molecule has 0 aliphatic heterocycles. The second-order valence-corrected chi connectivity index (χ2v) is 0.0816. The van der Waals surface area contributed by atoms with Gasteiger partial charge in [-0.05, 0) is 0 Å². The lowest BCUT2D eigenvalue weighted by molar-refractivity contribution is 0.312. The van der Waals surface area contributed by atoms with E-state index < -0.39 is 0 Å². The molecule has 0 aromatic heterocycles. The Morgan fingerprint density at radius 2 is 1.75 bits per heavy atom. The summed E-state index contributed by atoms with van der Waals surface area (Å²) in [6.07, 6.45) is 0. The predicted molar refractivity (Wildman–Crippen MR) is 14.3 cm³/mol. The molecule has 0 saturated heterocycles. The van der Waals surface area contributed by atoms with Crippen molar-refractivity contribution < 1.29 is 5.21 Å². The first-order valence-electron chi connectivity index (χ1n) is 0.383. The molecule has 0 unspecified atom stereocenters. The Bertz CT molecular complexity index is 13.5. The third kappa shape index (κ3) is 0.622. The first-order chi connectivity index (χ1) is 1.41. The molecule has 0 radical (unpaired) electrons. The van der Waals surface area contributed by atoms with Crippen molar-refractivity contribution >= 4 is 0 Å². The minimum Gasteiger partial charge on any atom is -0.379 e. The van der Waals surface area contributed by atoms with Gasteiger partial charge in [0.15, 0.2) is 5.34 Å².